The van der Waals surface area contributed by atoms with Gasteiger partial charge in [-0.05, 0) is 79.9 Å². The molecule has 1 amide bonds. The number of ether oxygens (including phenoxy) is 2. The van der Waals surface area contributed by atoms with Crippen molar-refractivity contribution in [2.75, 3.05) is 32.1 Å². The molecular weight excluding hydrogens is 482 g/mol. The Morgan fingerprint density at radius 3 is 2.59 bits per heavy atom. The number of aromatic nitrogens is 1. The first-order valence-corrected chi connectivity index (χ1v) is 13.3. The monoisotopic (exact) mass is 513 g/mol. The minimum Gasteiger partial charge on any atom is -0.486 e. The zero-order chi connectivity index (χ0) is 25.8. The van der Waals surface area contributed by atoms with Gasteiger partial charge in [-0.3, -0.25) is 4.79 Å². The lowest BCUT2D eigenvalue weighted by atomic mass is 9.92. The third-order valence-corrected chi connectivity index (χ3v) is 7.36. The second-order valence-corrected chi connectivity index (χ2v) is 10.4. The quantitative estimate of drug-likeness (QED) is 0.311. The number of aryl methyl sites for hydroxylation is 2. The molecule has 0 aliphatic carbocycles. The van der Waals surface area contributed by atoms with E-state index < -0.39 is 0 Å². The number of thiazole rings is 1. The van der Waals surface area contributed by atoms with Crippen LogP contribution in [0.2, 0.25) is 0 Å². The molecule has 3 aromatic carbocycles. The lowest BCUT2D eigenvalue weighted by Crippen LogP contribution is -2.17. The van der Waals surface area contributed by atoms with Crippen LogP contribution in [0.4, 0.5) is 5.13 Å². The molecule has 190 valence electrons. The Balaban J connectivity index is 1.35. The van der Waals surface area contributed by atoms with E-state index in [1.54, 1.807) is 0 Å². The zero-order valence-corrected chi connectivity index (χ0v) is 22.2. The molecule has 0 saturated heterocycles. The Bertz CT molecular complexity index is 1430. The maximum Gasteiger partial charge on any atom is 0.230 e. The van der Waals surface area contributed by atoms with Crippen LogP contribution in [0.3, 0.4) is 0 Å². The summed E-state index contributed by atoms with van der Waals surface area (Å²) in [4.78, 5) is 18.7. The van der Waals surface area contributed by atoms with Gasteiger partial charge < -0.3 is 20.1 Å². The predicted molar refractivity (Wildman–Crippen MR) is 150 cm³/mol. The summed E-state index contributed by atoms with van der Waals surface area (Å²) >= 11 is 1.50. The van der Waals surface area contributed by atoms with Crippen molar-refractivity contribution < 1.29 is 14.3 Å². The van der Waals surface area contributed by atoms with E-state index in [0.29, 0.717) is 24.1 Å². The number of rotatable bonds is 8. The van der Waals surface area contributed by atoms with Crippen molar-refractivity contribution in [3.05, 3.63) is 82.2 Å². The van der Waals surface area contributed by atoms with E-state index in [2.05, 4.69) is 60.0 Å². The van der Waals surface area contributed by atoms with Gasteiger partial charge in [0.25, 0.3) is 0 Å². The fourth-order valence-corrected chi connectivity index (χ4v) is 5.46. The van der Waals surface area contributed by atoms with E-state index in [-0.39, 0.29) is 12.3 Å². The topological polar surface area (TPSA) is 72.5 Å². The summed E-state index contributed by atoms with van der Waals surface area (Å²) in [6.45, 7) is 6.15. The number of benzene rings is 3. The molecule has 2 heterocycles. The Labute approximate surface area is 221 Å². The average molecular weight is 514 g/mol. The molecule has 2 N–H and O–H groups in total. The zero-order valence-electron chi connectivity index (χ0n) is 21.4. The van der Waals surface area contributed by atoms with Crippen LogP contribution in [0.1, 0.15) is 21.6 Å². The standard InChI is InChI=1S/C30H31N3O3S/c1-19-6-4-5-7-24(19)25-10-9-23(18-22(25)12-13-31-3)29-20(2)37-30(33-29)32-28(34)17-21-8-11-26-27(16-21)36-15-14-35-26/h4-11,16,18,31H,12-15,17H2,1-3H3,(H,32,33,34). The molecule has 5 rings (SSSR count). The average Bonchev–Trinajstić information content (AvgIpc) is 3.27. The summed E-state index contributed by atoms with van der Waals surface area (Å²) < 4.78 is 11.2. The number of carbonyl (C=O) groups excluding carboxylic acids is 1. The number of anilines is 1. The molecule has 0 spiro atoms. The maximum absolute atomic E-state index is 12.8. The van der Waals surface area contributed by atoms with Crippen molar-refractivity contribution in [1.29, 1.82) is 0 Å². The van der Waals surface area contributed by atoms with Crippen molar-refractivity contribution in [3.8, 4) is 33.9 Å². The summed E-state index contributed by atoms with van der Waals surface area (Å²) in [6, 6.07) is 20.7. The number of nitrogens with zero attached hydrogens (tertiary/aromatic N) is 1. The van der Waals surface area contributed by atoms with Crippen LogP contribution in [0.15, 0.2) is 60.7 Å². The molecule has 0 unspecified atom stereocenters. The highest BCUT2D eigenvalue weighted by Gasteiger charge is 2.17. The predicted octanol–water partition coefficient (Wildman–Crippen LogP) is 5.81. The summed E-state index contributed by atoms with van der Waals surface area (Å²) in [6.07, 6.45) is 1.15. The number of amides is 1. The Kier molecular flexibility index (Phi) is 7.53. The summed E-state index contributed by atoms with van der Waals surface area (Å²) in [5.74, 6) is 1.30. The van der Waals surface area contributed by atoms with Crippen LogP contribution in [-0.2, 0) is 17.6 Å². The van der Waals surface area contributed by atoms with Gasteiger partial charge in [-0.2, -0.15) is 0 Å². The van der Waals surface area contributed by atoms with E-state index in [9.17, 15) is 4.79 Å². The van der Waals surface area contributed by atoms with Gasteiger partial charge in [0.15, 0.2) is 16.6 Å². The number of fused-ring (bicyclic) bond motifs is 1. The van der Waals surface area contributed by atoms with Crippen LogP contribution >= 0.6 is 11.3 Å². The van der Waals surface area contributed by atoms with Gasteiger partial charge in [-0.25, -0.2) is 4.98 Å². The van der Waals surface area contributed by atoms with Gasteiger partial charge in [0.1, 0.15) is 13.2 Å². The molecular formula is C30H31N3O3S. The van der Waals surface area contributed by atoms with Gasteiger partial charge >= 0.3 is 0 Å². The van der Waals surface area contributed by atoms with Gasteiger partial charge in [0.05, 0.1) is 12.1 Å². The lowest BCUT2D eigenvalue weighted by molar-refractivity contribution is -0.115. The minimum atomic E-state index is -0.110. The first-order chi connectivity index (χ1) is 18.0. The molecule has 4 aromatic rings. The van der Waals surface area contributed by atoms with Gasteiger partial charge in [-0.15, -0.1) is 11.3 Å². The van der Waals surface area contributed by atoms with Crippen LogP contribution in [-0.4, -0.2) is 37.7 Å². The third-order valence-electron chi connectivity index (χ3n) is 6.47. The number of hydrogen-bond acceptors (Lipinski definition) is 6. The fourth-order valence-electron chi connectivity index (χ4n) is 4.61. The first kappa shape index (κ1) is 25.0. The molecule has 0 atom stereocenters. The largest absolute Gasteiger partial charge is 0.486 e. The Morgan fingerprint density at radius 2 is 1.78 bits per heavy atom. The van der Waals surface area contributed by atoms with E-state index in [1.165, 1.54) is 33.6 Å². The Morgan fingerprint density at radius 1 is 0.973 bits per heavy atom. The molecule has 6 nitrogen and oxygen atoms in total. The second kappa shape index (κ2) is 11.2. The molecule has 37 heavy (non-hydrogen) atoms. The molecule has 1 aromatic heterocycles. The van der Waals surface area contributed by atoms with Crippen molar-refractivity contribution in [2.24, 2.45) is 0 Å². The van der Waals surface area contributed by atoms with Crippen LogP contribution in [0, 0.1) is 13.8 Å². The number of nitrogens with one attached hydrogen (secondary N) is 2. The molecule has 0 bridgehead atoms. The third kappa shape index (κ3) is 5.68. The molecule has 0 saturated carbocycles. The normalized spacial score (nSPS) is 12.4. The van der Waals surface area contributed by atoms with Crippen LogP contribution < -0.4 is 20.1 Å². The van der Waals surface area contributed by atoms with Gasteiger partial charge in [0, 0.05) is 10.4 Å². The summed E-state index contributed by atoms with van der Waals surface area (Å²) in [5.41, 5.74) is 7.87. The molecule has 0 radical (unpaired) electrons. The lowest BCUT2D eigenvalue weighted by Gasteiger charge is -2.18. The van der Waals surface area contributed by atoms with E-state index in [0.717, 1.165) is 40.4 Å². The first-order valence-electron chi connectivity index (χ1n) is 12.5. The number of likely N-dealkylation sites (N-methyl/N-ethyl adjacent to an activating group) is 1. The van der Waals surface area contributed by atoms with Crippen molar-refractivity contribution in [1.82, 2.24) is 10.3 Å². The highest BCUT2D eigenvalue weighted by molar-refractivity contribution is 7.16. The van der Waals surface area contributed by atoms with Crippen LogP contribution in [0.25, 0.3) is 22.4 Å². The van der Waals surface area contributed by atoms with Gasteiger partial charge in [-0.1, -0.05) is 42.5 Å². The van der Waals surface area contributed by atoms with E-state index in [4.69, 9.17) is 14.5 Å². The van der Waals surface area contributed by atoms with Gasteiger partial charge in [0.2, 0.25) is 5.91 Å². The van der Waals surface area contributed by atoms with Crippen LogP contribution in [0.5, 0.6) is 11.5 Å². The summed E-state index contributed by atoms with van der Waals surface area (Å²) in [7, 11) is 1.97. The van der Waals surface area contributed by atoms with Crippen molar-refractivity contribution >= 4 is 22.4 Å². The number of carbonyl (C=O) groups is 1. The highest BCUT2D eigenvalue weighted by Crippen LogP contribution is 2.35. The van der Waals surface area contributed by atoms with Crippen molar-refractivity contribution in [3.63, 3.8) is 0 Å². The SMILES string of the molecule is CNCCc1cc(-c2nc(NC(=O)Cc3ccc4c(c3)OCCO4)sc2C)ccc1-c1ccccc1C. The molecule has 1 aliphatic rings. The smallest absolute Gasteiger partial charge is 0.230 e. The fraction of sp³-hybridized carbons (Fsp3) is 0.267. The molecule has 1 aliphatic heterocycles. The molecule has 0 fully saturated rings. The highest BCUT2D eigenvalue weighted by atomic mass is 32.1. The van der Waals surface area contributed by atoms with E-state index >= 15 is 0 Å². The second-order valence-electron chi connectivity index (χ2n) is 9.17. The Hall–Kier alpha value is -3.68. The molecule has 7 heteroatoms. The number of hydrogen-bond donors (Lipinski definition) is 2. The minimum absolute atomic E-state index is 0.110. The maximum atomic E-state index is 12.8. The van der Waals surface area contributed by atoms with Crippen molar-refractivity contribution in [2.45, 2.75) is 26.7 Å². The van der Waals surface area contributed by atoms with E-state index in [1.807, 2.05) is 32.2 Å². The summed E-state index contributed by atoms with van der Waals surface area (Å²) in [5, 5.41) is 6.85.